The van der Waals surface area contributed by atoms with Crippen LogP contribution in [0, 0.1) is 17.1 Å². The van der Waals surface area contributed by atoms with E-state index in [1.54, 1.807) is 22.2 Å². The highest BCUT2D eigenvalue weighted by Crippen LogP contribution is 2.37. The SMILES string of the molecule is C=C(C#N)C(=O)c1cc2cc(F)c(NSC3CC3)cc2n1SI. The number of nitrogens with zero attached hydrogens (tertiary/aromatic N) is 2. The van der Waals surface area contributed by atoms with E-state index >= 15 is 0 Å². The molecule has 0 spiro atoms. The molecule has 4 nitrogen and oxygen atoms in total. The predicted octanol–water partition coefficient (Wildman–Crippen LogP) is 5.11. The van der Waals surface area contributed by atoms with Gasteiger partial charge in [0.05, 0.1) is 16.8 Å². The van der Waals surface area contributed by atoms with Crippen molar-refractivity contribution in [1.82, 2.24) is 3.97 Å². The number of rotatable bonds is 6. The van der Waals surface area contributed by atoms with Gasteiger partial charge < -0.3 is 4.72 Å². The van der Waals surface area contributed by atoms with Crippen LogP contribution in [-0.2, 0) is 0 Å². The summed E-state index contributed by atoms with van der Waals surface area (Å²) in [5.41, 5.74) is 1.30. The quantitative estimate of drug-likeness (QED) is 0.214. The lowest BCUT2D eigenvalue weighted by Crippen LogP contribution is -2.05. The third-order valence-electron chi connectivity index (χ3n) is 3.42. The minimum atomic E-state index is -0.449. The van der Waals surface area contributed by atoms with Crippen LogP contribution in [0.25, 0.3) is 10.9 Å². The third-order valence-corrected chi connectivity index (χ3v) is 6.27. The Labute approximate surface area is 153 Å². The Kier molecular flexibility index (Phi) is 4.89. The van der Waals surface area contributed by atoms with Crippen LogP contribution in [0.3, 0.4) is 0 Å². The molecule has 23 heavy (non-hydrogen) atoms. The van der Waals surface area contributed by atoms with Crippen molar-refractivity contribution in [2.75, 3.05) is 4.72 Å². The maximum atomic E-state index is 14.2. The standard InChI is InChI=1S/C15H11FIN3OS2/c1-8(7-18)15(21)14-5-9-4-11(16)12(19-22-10-2-3-10)6-13(9)20(14)23-17/h4-6,10,19H,1-3H2. The molecule has 0 unspecified atom stereocenters. The summed E-state index contributed by atoms with van der Waals surface area (Å²) >= 11 is 3.57. The predicted molar refractivity (Wildman–Crippen MR) is 102 cm³/mol. The molecule has 0 amide bonds. The summed E-state index contributed by atoms with van der Waals surface area (Å²) in [5.74, 6) is -0.811. The molecule has 1 aliphatic carbocycles. The lowest BCUT2D eigenvalue weighted by atomic mass is 10.1. The maximum Gasteiger partial charge on any atom is 0.220 e. The zero-order chi connectivity index (χ0) is 16.6. The zero-order valence-electron chi connectivity index (χ0n) is 11.8. The smallest absolute Gasteiger partial charge is 0.220 e. The molecule has 0 bridgehead atoms. The lowest BCUT2D eigenvalue weighted by Gasteiger charge is -2.08. The molecular formula is C15H11FIN3OS2. The van der Waals surface area contributed by atoms with Gasteiger partial charge in [0.1, 0.15) is 17.6 Å². The number of fused-ring (bicyclic) bond motifs is 1. The van der Waals surface area contributed by atoms with E-state index in [4.69, 9.17) is 5.26 Å². The van der Waals surface area contributed by atoms with E-state index in [2.05, 4.69) is 32.5 Å². The van der Waals surface area contributed by atoms with Crippen LogP contribution < -0.4 is 4.72 Å². The number of halogens is 2. The number of nitrogens with one attached hydrogen (secondary N) is 1. The average molecular weight is 459 g/mol. The van der Waals surface area contributed by atoms with Crippen LogP contribution in [0.4, 0.5) is 10.1 Å². The van der Waals surface area contributed by atoms with Gasteiger partial charge >= 0.3 is 0 Å². The van der Waals surface area contributed by atoms with Gasteiger partial charge in [-0.25, -0.2) is 4.39 Å². The Morgan fingerprint density at radius 1 is 1.48 bits per heavy atom. The Hall–Kier alpha value is -1.18. The number of carbonyl (C=O) groups excluding carboxylic acids is 1. The van der Waals surface area contributed by atoms with E-state index < -0.39 is 5.78 Å². The fraction of sp³-hybridized carbons (Fsp3) is 0.200. The highest BCUT2D eigenvalue weighted by atomic mass is 127. The summed E-state index contributed by atoms with van der Waals surface area (Å²) in [6, 6.07) is 6.45. The van der Waals surface area contributed by atoms with Crippen molar-refractivity contribution in [2.45, 2.75) is 18.1 Å². The topological polar surface area (TPSA) is 57.8 Å². The van der Waals surface area contributed by atoms with Crippen LogP contribution in [-0.4, -0.2) is 15.0 Å². The van der Waals surface area contributed by atoms with Gasteiger partial charge in [-0.3, -0.25) is 8.77 Å². The number of hydrogen-bond acceptors (Lipinski definition) is 5. The molecule has 1 aromatic carbocycles. The van der Waals surface area contributed by atoms with Crippen molar-refractivity contribution < 1.29 is 9.18 Å². The van der Waals surface area contributed by atoms with Crippen molar-refractivity contribution >= 4 is 64.6 Å². The first-order valence-corrected chi connectivity index (χ1v) is 10.9. The Balaban J connectivity index is 2.04. The van der Waals surface area contributed by atoms with E-state index in [1.165, 1.54) is 27.1 Å². The van der Waals surface area contributed by atoms with Crippen molar-refractivity contribution in [2.24, 2.45) is 0 Å². The molecule has 1 aliphatic rings. The number of ketones is 1. The zero-order valence-corrected chi connectivity index (χ0v) is 15.6. The minimum absolute atomic E-state index is 0.136. The molecule has 1 N–H and O–H groups in total. The second-order valence-corrected chi connectivity index (χ2v) is 7.91. The molecule has 0 saturated heterocycles. The first-order valence-electron chi connectivity index (χ1n) is 6.74. The molecule has 8 heteroatoms. The first-order chi connectivity index (χ1) is 11.0. The molecule has 0 radical (unpaired) electrons. The van der Waals surface area contributed by atoms with Gasteiger partial charge in [0.2, 0.25) is 5.78 Å². The monoisotopic (exact) mass is 459 g/mol. The Morgan fingerprint density at radius 3 is 2.83 bits per heavy atom. The molecule has 118 valence electrons. The van der Waals surface area contributed by atoms with Crippen LogP contribution in [0.2, 0.25) is 0 Å². The second-order valence-electron chi connectivity index (χ2n) is 5.12. The van der Waals surface area contributed by atoms with E-state index in [9.17, 15) is 9.18 Å². The van der Waals surface area contributed by atoms with E-state index in [0.717, 1.165) is 18.4 Å². The van der Waals surface area contributed by atoms with Crippen LogP contribution in [0.15, 0.2) is 30.4 Å². The van der Waals surface area contributed by atoms with Gasteiger partial charge in [-0.15, -0.1) is 0 Å². The second kappa shape index (κ2) is 6.75. The van der Waals surface area contributed by atoms with Crippen LogP contribution in [0.1, 0.15) is 23.3 Å². The highest BCUT2D eigenvalue weighted by Gasteiger charge is 2.23. The summed E-state index contributed by atoms with van der Waals surface area (Å²) in [5, 5.41) is 10.0. The van der Waals surface area contributed by atoms with E-state index in [-0.39, 0.29) is 11.4 Å². The normalized spacial score (nSPS) is 13.8. The highest BCUT2D eigenvalue weighted by molar-refractivity contribution is 14.2. The molecule has 0 atom stereocenters. The Bertz CT molecular complexity index is 855. The molecular weight excluding hydrogens is 448 g/mol. The number of Topliss-reactive ketones (excluding diaryl/α,β-unsaturated/α-hetero) is 1. The van der Waals surface area contributed by atoms with Gasteiger partial charge in [0.25, 0.3) is 0 Å². The summed E-state index contributed by atoms with van der Waals surface area (Å²) < 4.78 is 19.0. The molecule has 3 rings (SSSR count). The first kappa shape index (κ1) is 16.7. The van der Waals surface area contributed by atoms with Gasteiger partial charge in [0, 0.05) is 41.0 Å². The van der Waals surface area contributed by atoms with Crippen molar-refractivity contribution in [3.8, 4) is 6.07 Å². The summed E-state index contributed by atoms with van der Waals surface area (Å²) in [6.07, 6.45) is 2.30. The van der Waals surface area contributed by atoms with Gasteiger partial charge in [-0.05, 0) is 43.0 Å². The number of carbonyl (C=O) groups is 1. The summed E-state index contributed by atoms with van der Waals surface area (Å²) in [6.45, 7) is 3.46. The molecule has 2 aromatic rings. The largest absolute Gasteiger partial charge is 0.327 e. The van der Waals surface area contributed by atoms with Crippen molar-refractivity contribution in [1.29, 1.82) is 5.26 Å². The number of anilines is 1. The molecule has 1 heterocycles. The van der Waals surface area contributed by atoms with Crippen LogP contribution in [0.5, 0.6) is 0 Å². The van der Waals surface area contributed by atoms with Crippen molar-refractivity contribution in [3.63, 3.8) is 0 Å². The number of aromatic nitrogens is 1. The Morgan fingerprint density at radius 2 is 2.22 bits per heavy atom. The molecule has 1 saturated carbocycles. The van der Waals surface area contributed by atoms with Gasteiger partial charge in [-0.1, -0.05) is 6.58 Å². The number of benzene rings is 1. The third kappa shape index (κ3) is 3.36. The fourth-order valence-electron chi connectivity index (χ4n) is 2.05. The maximum absolute atomic E-state index is 14.2. The fourth-order valence-corrected chi connectivity index (χ4v) is 4.59. The average Bonchev–Trinajstić information content (AvgIpc) is 3.31. The number of hydrogen-bond donors (Lipinski definition) is 1. The van der Waals surface area contributed by atoms with Gasteiger partial charge in [-0.2, -0.15) is 5.26 Å². The molecule has 1 aromatic heterocycles. The van der Waals surface area contributed by atoms with Gasteiger partial charge in [0.15, 0.2) is 0 Å². The molecule has 1 fully saturated rings. The van der Waals surface area contributed by atoms with Crippen molar-refractivity contribution in [3.05, 3.63) is 41.9 Å². The summed E-state index contributed by atoms with van der Waals surface area (Å²) in [7, 11) is 1.30. The number of allylic oxidation sites excluding steroid dienone is 1. The number of nitriles is 1. The lowest BCUT2D eigenvalue weighted by molar-refractivity contribution is 0.103. The molecule has 0 aliphatic heterocycles. The minimum Gasteiger partial charge on any atom is -0.327 e. The van der Waals surface area contributed by atoms with E-state index in [0.29, 0.717) is 22.0 Å². The van der Waals surface area contributed by atoms with E-state index in [1.807, 2.05) is 0 Å². The van der Waals surface area contributed by atoms with Crippen LogP contribution >= 0.6 is 42.3 Å². The summed E-state index contributed by atoms with van der Waals surface area (Å²) in [4.78, 5) is 12.2.